The Kier molecular flexibility index (Phi) is 4.88. The Morgan fingerprint density at radius 2 is 1.86 bits per heavy atom. The number of allylic oxidation sites excluding steroid dienone is 3. The van der Waals surface area contributed by atoms with Crippen molar-refractivity contribution in [2.75, 3.05) is 4.90 Å². The van der Waals surface area contributed by atoms with Crippen molar-refractivity contribution in [1.82, 2.24) is 0 Å². The first-order chi connectivity index (χ1) is 10.5. The van der Waals surface area contributed by atoms with Crippen LogP contribution in [0.1, 0.15) is 18.9 Å². The van der Waals surface area contributed by atoms with Crippen LogP contribution in [0.25, 0.3) is 0 Å². The first-order valence-corrected chi connectivity index (χ1v) is 6.97. The summed E-state index contributed by atoms with van der Waals surface area (Å²) in [5.74, 6) is -1.92. The van der Waals surface area contributed by atoms with Gasteiger partial charge in [-0.15, -0.1) is 0 Å². The molecular weight excluding hydrogens is 282 g/mol. The Morgan fingerprint density at radius 1 is 1.18 bits per heavy atom. The number of benzene rings is 1. The number of anilines is 1. The number of carbonyl (C=O) groups is 3. The highest BCUT2D eigenvalue weighted by Gasteiger charge is 2.26. The van der Waals surface area contributed by atoms with Crippen LogP contribution in [-0.2, 0) is 20.8 Å². The lowest BCUT2D eigenvalue weighted by atomic mass is 9.99. The zero-order valence-electron chi connectivity index (χ0n) is 12.2. The molecule has 0 aliphatic heterocycles. The highest BCUT2D eigenvalue weighted by Crippen LogP contribution is 2.22. The van der Waals surface area contributed by atoms with E-state index in [1.807, 2.05) is 12.2 Å². The van der Waals surface area contributed by atoms with Crippen molar-refractivity contribution >= 4 is 23.5 Å². The Hall–Kier alpha value is -2.69. The van der Waals surface area contributed by atoms with Crippen molar-refractivity contribution in [3.63, 3.8) is 0 Å². The van der Waals surface area contributed by atoms with E-state index in [1.54, 1.807) is 36.4 Å². The second-order valence-corrected chi connectivity index (χ2v) is 5.08. The van der Waals surface area contributed by atoms with Gasteiger partial charge in [0.25, 0.3) is 0 Å². The van der Waals surface area contributed by atoms with Crippen LogP contribution in [0.3, 0.4) is 0 Å². The van der Waals surface area contributed by atoms with Crippen molar-refractivity contribution in [1.29, 1.82) is 0 Å². The molecule has 0 saturated heterocycles. The molecule has 114 valence electrons. The van der Waals surface area contributed by atoms with E-state index >= 15 is 0 Å². The van der Waals surface area contributed by atoms with Gasteiger partial charge in [-0.2, -0.15) is 0 Å². The van der Waals surface area contributed by atoms with E-state index in [0.717, 1.165) is 4.90 Å². The minimum absolute atomic E-state index is 0.0928. The lowest BCUT2D eigenvalue weighted by molar-refractivity contribution is -0.136. The van der Waals surface area contributed by atoms with Crippen LogP contribution >= 0.6 is 0 Å². The van der Waals surface area contributed by atoms with Gasteiger partial charge in [-0.3, -0.25) is 19.3 Å². The molecule has 2 rings (SSSR count). The van der Waals surface area contributed by atoms with Gasteiger partial charge in [0.2, 0.25) is 11.8 Å². The van der Waals surface area contributed by atoms with E-state index in [-0.39, 0.29) is 24.2 Å². The largest absolute Gasteiger partial charge is 0.481 e. The fraction of sp³-hybridized carbons (Fsp3) is 0.235. The molecule has 22 heavy (non-hydrogen) atoms. The maximum absolute atomic E-state index is 12.5. The maximum atomic E-state index is 12.5. The lowest BCUT2D eigenvalue weighted by Crippen LogP contribution is -2.39. The summed E-state index contributed by atoms with van der Waals surface area (Å²) in [6, 6.07) is 6.42. The summed E-state index contributed by atoms with van der Waals surface area (Å²) >= 11 is 0. The second-order valence-electron chi connectivity index (χ2n) is 5.08. The molecule has 0 saturated carbocycles. The zero-order chi connectivity index (χ0) is 16.1. The molecule has 1 unspecified atom stereocenters. The van der Waals surface area contributed by atoms with Crippen LogP contribution in [0.15, 0.2) is 48.6 Å². The van der Waals surface area contributed by atoms with Crippen LogP contribution in [0.5, 0.6) is 0 Å². The molecule has 5 heteroatoms. The molecular formula is C17H17NO4. The molecule has 1 aliphatic rings. The number of rotatable bonds is 4. The van der Waals surface area contributed by atoms with Gasteiger partial charge in [-0.1, -0.05) is 36.4 Å². The summed E-state index contributed by atoms with van der Waals surface area (Å²) in [7, 11) is 0. The van der Waals surface area contributed by atoms with Gasteiger partial charge in [0.05, 0.1) is 18.0 Å². The summed E-state index contributed by atoms with van der Waals surface area (Å²) in [6.45, 7) is 1.34. The van der Waals surface area contributed by atoms with Gasteiger partial charge in [0.15, 0.2) is 0 Å². The van der Waals surface area contributed by atoms with E-state index in [2.05, 4.69) is 0 Å². The number of carboxylic acid groups (broad SMARTS) is 1. The molecule has 0 aromatic heterocycles. The van der Waals surface area contributed by atoms with Crippen LogP contribution in [-0.4, -0.2) is 22.9 Å². The fourth-order valence-electron chi connectivity index (χ4n) is 2.33. The molecule has 0 fully saturated rings. The third-order valence-corrected chi connectivity index (χ3v) is 3.38. The number of carboxylic acids is 1. The van der Waals surface area contributed by atoms with Gasteiger partial charge >= 0.3 is 5.97 Å². The molecule has 0 spiro atoms. The highest BCUT2D eigenvalue weighted by molar-refractivity contribution is 6.15. The van der Waals surface area contributed by atoms with Crippen LogP contribution in [0, 0.1) is 5.92 Å². The maximum Gasteiger partial charge on any atom is 0.307 e. The number of aliphatic carboxylic acids is 1. The molecule has 5 nitrogen and oxygen atoms in total. The smallest absolute Gasteiger partial charge is 0.307 e. The topological polar surface area (TPSA) is 74.7 Å². The number of hydrogen-bond donors (Lipinski definition) is 1. The molecule has 1 aromatic rings. The number of hydrogen-bond acceptors (Lipinski definition) is 3. The first-order valence-electron chi connectivity index (χ1n) is 6.97. The average molecular weight is 299 g/mol. The molecule has 0 bridgehead atoms. The highest BCUT2D eigenvalue weighted by atomic mass is 16.4. The summed E-state index contributed by atoms with van der Waals surface area (Å²) in [4.78, 5) is 36.2. The summed E-state index contributed by atoms with van der Waals surface area (Å²) in [5, 5.41) is 8.76. The van der Waals surface area contributed by atoms with Gasteiger partial charge in [0.1, 0.15) is 0 Å². The average Bonchev–Trinajstić information content (AvgIpc) is 2.49. The van der Waals surface area contributed by atoms with Crippen molar-refractivity contribution in [3.8, 4) is 0 Å². The van der Waals surface area contributed by atoms with Crippen LogP contribution in [0.4, 0.5) is 5.69 Å². The zero-order valence-corrected chi connectivity index (χ0v) is 12.2. The molecule has 0 heterocycles. The van der Waals surface area contributed by atoms with E-state index < -0.39 is 5.97 Å². The SMILES string of the molecule is CC(=O)N(C(=O)C1C=CC=CC1)c1ccc(CC(=O)O)cc1. The van der Waals surface area contributed by atoms with Gasteiger partial charge < -0.3 is 5.11 Å². The first kappa shape index (κ1) is 15.7. The summed E-state index contributed by atoms with van der Waals surface area (Å²) < 4.78 is 0. The Labute approximate surface area is 128 Å². The fourth-order valence-corrected chi connectivity index (χ4v) is 2.33. The quantitative estimate of drug-likeness (QED) is 0.926. The minimum atomic E-state index is -0.925. The Morgan fingerprint density at radius 3 is 2.36 bits per heavy atom. The molecule has 1 aromatic carbocycles. The van der Waals surface area contributed by atoms with Crippen molar-refractivity contribution in [2.24, 2.45) is 5.92 Å². The molecule has 0 radical (unpaired) electrons. The monoisotopic (exact) mass is 299 g/mol. The van der Waals surface area contributed by atoms with Gasteiger partial charge in [0, 0.05) is 6.92 Å². The Bertz CT molecular complexity index is 643. The second kappa shape index (κ2) is 6.85. The predicted octanol–water partition coefficient (Wildman–Crippen LogP) is 2.33. The van der Waals surface area contributed by atoms with Gasteiger partial charge in [-0.25, -0.2) is 0 Å². The van der Waals surface area contributed by atoms with E-state index in [0.29, 0.717) is 17.7 Å². The predicted molar refractivity (Wildman–Crippen MR) is 82.3 cm³/mol. The lowest BCUT2D eigenvalue weighted by Gasteiger charge is -2.23. The summed E-state index contributed by atoms with van der Waals surface area (Å²) in [6.07, 6.45) is 7.79. The summed E-state index contributed by atoms with van der Waals surface area (Å²) in [5.41, 5.74) is 1.07. The number of nitrogens with zero attached hydrogens (tertiary/aromatic N) is 1. The molecule has 1 aliphatic carbocycles. The van der Waals surface area contributed by atoms with Gasteiger partial charge in [-0.05, 0) is 24.1 Å². The third kappa shape index (κ3) is 3.69. The molecule has 2 amide bonds. The van der Waals surface area contributed by atoms with E-state index in [9.17, 15) is 14.4 Å². The number of imide groups is 1. The third-order valence-electron chi connectivity index (χ3n) is 3.38. The number of amides is 2. The van der Waals surface area contributed by atoms with Crippen LogP contribution < -0.4 is 4.90 Å². The van der Waals surface area contributed by atoms with Crippen molar-refractivity contribution in [2.45, 2.75) is 19.8 Å². The molecule has 1 N–H and O–H groups in total. The van der Waals surface area contributed by atoms with Crippen molar-refractivity contribution in [3.05, 3.63) is 54.1 Å². The number of carbonyl (C=O) groups excluding carboxylic acids is 2. The molecule has 1 atom stereocenters. The van der Waals surface area contributed by atoms with Crippen LogP contribution in [0.2, 0.25) is 0 Å². The van der Waals surface area contributed by atoms with E-state index in [1.165, 1.54) is 6.92 Å². The van der Waals surface area contributed by atoms with Crippen molar-refractivity contribution < 1.29 is 19.5 Å². The minimum Gasteiger partial charge on any atom is -0.481 e. The normalized spacial score (nSPS) is 16.3. The van der Waals surface area contributed by atoms with E-state index in [4.69, 9.17) is 5.11 Å². The Balaban J connectivity index is 2.22. The standard InChI is InChI=1S/C17H17NO4/c1-12(19)18(17(22)14-5-3-2-4-6-14)15-9-7-13(8-10-15)11-16(20)21/h2-5,7-10,14H,6,11H2,1H3,(H,20,21).